The largest absolute Gasteiger partial charge is 0.465 e. The van der Waals surface area contributed by atoms with Crippen LogP contribution in [0.3, 0.4) is 0 Å². The number of esters is 2. The molecule has 0 aromatic rings. The van der Waals surface area contributed by atoms with Crippen LogP contribution in [-0.2, 0) is 29.1 Å². The molecule has 8 heteroatoms. The van der Waals surface area contributed by atoms with Gasteiger partial charge in [0.05, 0.1) is 19.3 Å². The Bertz CT molecular complexity index is 593. The molecule has 7 nitrogen and oxygen atoms in total. The van der Waals surface area contributed by atoms with E-state index in [9.17, 15) is 18.0 Å². The smallest absolute Gasteiger partial charge is 0.334 e. The second-order valence-corrected chi connectivity index (χ2v) is 9.02. The van der Waals surface area contributed by atoms with Gasteiger partial charge in [0, 0.05) is 18.7 Å². The van der Waals surface area contributed by atoms with Crippen LogP contribution in [0.25, 0.3) is 0 Å². The van der Waals surface area contributed by atoms with Gasteiger partial charge in [-0.15, -0.1) is 0 Å². The van der Waals surface area contributed by atoms with Crippen LogP contribution in [-0.4, -0.2) is 56.7 Å². The summed E-state index contributed by atoms with van der Waals surface area (Å²) in [6.45, 7) is 6.78. The molecule has 1 saturated heterocycles. The van der Waals surface area contributed by atoms with E-state index in [2.05, 4.69) is 13.5 Å². The molecule has 1 aliphatic rings. The van der Waals surface area contributed by atoms with Gasteiger partial charge in [0.15, 0.2) is 0 Å². The van der Waals surface area contributed by atoms with E-state index in [4.69, 9.17) is 9.47 Å². The lowest BCUT2D eigenvalue weighted by molar-refractivity contribution is -0.149. The summed E-state index contributed by atoms with van der Waals surface area (Å²) in [5, 5.41) is 0. The number of rotatable bonds is 12. The van der Waals surface area contributed by atoms with E-state index in [1.165, 1.54) is 23.6 Å². The first-order valence-corrected chi connectivity index (χ1v) is 11.6. The second kappa shape index (κ2) is 12.1. The van der Waals surface area contributed by atoms with E-state index >= 15 is 0 Å². The highest BCUT2D eigenvalue weighted by molar-refractivity contribution is 7.88. The van der Waals surface area contributed by atoms with E-state index in [1.807, 2.05) is 0 Å². The quantitative estimate of drug-likeness (QED) is 0.283. The van der Waals surface area contributed by atoms with E-state index in [0.29, 0.717) is 32.5 Å². The Morgan fingerprint density at radius 3 is 2.26 bits per heavy atom. The lowest BCUT2D eigenvalue weighted by atomic mass is 10.1. The molecule has 1 heterocycles. The molecule has 1 rings (SSSR count). The predicted octanol–water partition coefficient (Wildman–Crippen LogP) is 2.80. The molecule has 0 spiro atoms. The molecule has 0 N–H and O–H groups in total. The van der Waals surface area contributed by atoms with Crippen LogP contribution < -0.4 is 0 Å². The molecule has 0 bridgehead atoms. The minimum Gasteiger partial charge on any atom is -0.465 e. The lowest BCUT2D eigenvalue weighted by Crippen LogP contribution is -2.40. The number of unbranched alkanes of at least 4 members (excludes halogenated alkanes) is 5. The minimum absolute atomic E-state index is 0.0634. The van der Waals surface area contributed by atoms with Crippen molar-refractivity contribution < 1.29 is 27.5 Å². The molecule has 0 unspecified atom stereocenters. The van der Waals surface area contributed by atoms with Crippen LogP contribution in [0.15, 0.2) is 12.2 Å². The van der Waals surface area contributed by atoms with E-state index < -0.39 is 22.0 Å². The SMILES string of the molecule is C=C(CC(=O)OCCCCCCCC)C(=O)OC1CCN(S(C)(=O)=O)CC1. The Hall–Kier alpha value is -1.41. The molecule has 27 heavy (non-hydrogen) atoms. The van der Waals surface area contributed by atoms with Crippen LogP contribution in [0.4, 0.5) is 0 Å². The standard InChI is InChI=1S/C19H33NO6S/c1-4-5-6-7-8-9-14-25-18(21)15-16(2)19(22)26-17-10-12-20(13-11-17)27(3,23)24/h17H,2,4-15H2,1,3H3. The fraction of sp³-hybridized carbons (Fsp3) is 0.789. The molecule has 0 aromatic heterocycles. The van der Waals surface area contributed by atoms with Gasteiger partial charge in [0.1, 0.15) is 6.10 Å². The van der Waals surface area contributed by atoms with Crippen molar-refractivity contribution in [2.45, 2.75) is 70.8 Å². The Kier molecular flexibility index (Phi) is 10.6. The third-order valence-corrected chi connectivity index (χ3v) is 5.85. The maximum Gasteiger partial charge on any atom is 0.334 e. The number of nitrogens with zero attached hydrogens (tertiary/aromatic N) is 1. The average molecular weight is 404 g/mol. The summed E-state index contributed by atoms with van der Waals surface area (Å²) in [6, 6.07) is 0. The maximum atomic E-state index is 12.0. The number of hydrogen-bond acceptors (Lipinski definition) is 6. The summed E-state index contributed by atoms with van der Waals surface area (Å²) in [5.41, 5.74) is 0.0634. The van der Waals surface area contributed by atoms with Gasteiger partial charge in [-0.1, -0.05) is 45.6 Å². The first-order chi connectivity index (χ1) is 12.7. The van der Waals surface area contributed by atoms with Crippen molar-refractivity contribution in [2.75, 3.05) is 26.0 Å². The molecular weight excluding hydrogens is 370 g/mol. The van der Waals surface area contributed by atoms with Crippen LogP contribution in [0.5, 0.6) is 0 Å². The third-order valence-electron chi connectivity index (χ3n) is 4.55. The fourth-order valence-electron chi connectivity index (χ4n) is 2.88. The molecule has 0 radical (unpaired) electrons. The van der Waals surface area contributed by atoms with Gasteiger partial charge in [-0.2, -0.15) is 0 Å². The second-order valence-electron chi connectivity index (χ2n) is 7.04. The Morgan fingerprint density at radius 2 is 1.67 bits per heavy atom. The summed E-state index contributed by atoms with van der Waals surface area (Å²) in [5.74, 6) is -1.10. The molecule has 0 aromatic carbocycles. The van der Waals surface area contributed by atoms with Crippen molar-refractivity contribution >= 4 is 22.0 Å². The van der Waals surface area contributed by atoms with Gasteiger partial charge in [-0.25, -0.2) is 17.5 Å². The van der Waals surface area contributed by atoms with Crippen LogP contribution in [0.1, 0.15) is 64.7 Å². The highest BCUT2D eigenvalue weighted by atomic mass is 32.2. The van der Waals surface area contributed by atoms with Crippen LogP contribution in [0.2, 0.25) is 0 Å². The highest BCUT2D eigenvalue weighted by Crippen LogP contribution is 2.18. The van der Waals surface area contributed by atoms with E-state index in [0.717, 1.165) is 25.5 Å². The monoisotopic (exact) mass is 403 g/mol. The molecular formula is C19H33NO6S. The minimum atomic E-state index is -3.21. The zero-order valence-electron chi connectivity index (χ0n) is 16.6. The lowest BCUT2D eigenvalue weighted by Gasteiger charge is -2.29. The van der Waals surface area contributed by atoms with Crippen molar-refractivity contribution in [3.63, 3.8) is 0 Å². The molecule has 0 saturated carbocycles. The van der Waals surface area contributed by atoms with Gasteiger partial charge < -0.3 is 9.47 Å². The number of sulfonamides is 1. The number of piperidine rings is 1. The third kappa shape index (κ3) is 9.91. The first-order valence-electron chi connectivity index (χ1n) is 9.73. The van der Waals surface area contributed by atoms with Crippen molar-refractivity contribution in [1.82, 2.24) is 4.31 Å². The van der Waals surface area contributed by atoms with E-state index in [1.54, 1.807) is 0 Å². The van der Waals surface area contributed by atoms with Gasteiger partial charge in [-0.3, -0.25) is 4.79 Å². The fourth-order valence-corrected chi connectivity index (χ4v) is 3.76. The predicted molar refractivity (Wildman–Crippen MR) is 104 cm³/mol. The number of hydrogen-bond donors (Lipinski definition) is 0. The number of carbonyl (C=O) groups excluding carboxylic acids is 2. The van der Waals surface area contributed by atoms with Gasteiger partial charge in [0.2, 0.25) is 10.0 Å². The Labute approximate surface area is 163 Å². The average Bonchev–Trinajstić information content (AvgIpc) is 2.60. The number of carbonyl (C=O) groups is 2. The molecule has 1 aliphatic heterocycles. The summed E-state index contributed by atoms with van der Waals surface area (Å²) < 4.78 is 34.8. The molecule has 1 fully saturated rings. The zero-order chi connectivity index (χ0) is 20.3. The first kappa shape index (κ1) is 23.6. The van der Waals surface area contributed by atoms with Crippen molar-refractivity contribution in [1.29, 1.82) is 0 Å². The molecule has 0 aliphatic carbocycles. The van der Waals surface area contributed by atoms with Gasteiger partial charge in [0.25, 0.3) is 0 Å². The zero-order valence-corrected chi connectivity index (χ0v) is 17.4. The van der Waals surface area contributed by atoms with Gasteiger partial charge >= 0.3 is 11.9 Å². The topological polar surface area (TPSA) is 90.0 Å². The highest BCUT2D eigenvalue weighted by Gasteiger charge is 2.27. The van der Waals surface area contributed by atoms with Crippen molar-refractivity contribution in [3.05, 3.63) is 12.2 Å². The summed E-state index contributed by atoms with van der Waals surface area (Å²) in [7, 11) is -3.21. The van der Waals surface area contributed by atoms with Crippen LogP contribution in [0, 0.1) is 0 Å². The molecule has 0 atom stereocenters. The Morgan fingerprint density at radius 1 is 1.07 bits per heavy atom. The summed E-state index contributed by atoms with van der Waals surface area (Å²) in [4.78, 5) is 23.8. The maximum absolute atomic E-state index is 12.0. The molecule has 156 valence electrons. The molecule has 0 amide bonds. The van der Waals surface area contributed by atoms with Crippen LogP contribution >= 0.6 is 0 Å². The van der Waals surface area contributed by atoms with Crippen molar-refractivity contribution in [3.8, 4) is 0 Å². The normalized spacial score (nSPS) is 16.1. The van der Waals surface area contributed by atoms with E-state index in [-0.39, 0.29) is 18.1 Å². The summed E-state index contributed by atoms with van der Waals surface area (Å²) >= 11 is 0. The Balaban J connectivity index is 2.19. The summed E-state index contributed by atoms with van der Waals surface area (Å²) in [6.07, 6.45) is 8.13. The van der Waals surface area contributed by atoms with Crippen molar-refractivity contribution in [2.24, 2.45) is 0 Å². The van der Waals surface area contributed by atoms with Gasteiger partial charge in [-0.05, 0) is 19.3 Å². The number of ether oxygens (including phenoxy) is 2.